The molecule has 2 rings (SSSR count). The van der Waals surface area contributed by atoms with E-state index in [4.69, 9.17) is 5.26 Å². The lowest BCUT2D eigenvalue weighted by Crippen LogP contribution is -2.36. The molecule has 19 heavy (non-hydrogen) atoms. The molecule has 0 saturated carbocycles. The molecule has 1 aromatic rings. The van der Waals surface area contributed by atoms with Gasteiger partial charge in [-0.3, -0.25) is 0 Å². The Balaban J connectivity index is 1.87. The highest BCUT2D eigenvalue weighted by Crippen LogP contribution is 2.22. The number of nitrogens with zero attached hydrogens (tertiary/aromatic N) is 2. The zero-order valence-electron chi connectivity index (χ0n) is 11.5. The number of hydrogen-bond donors (Lipinski definition) is 1. The van der Waals surface area contributed by atoms with Gasteiger partial charge < -0.3 is 10.0 Å². The largest absolute Gasteiger partial charge is 0.387 e. The summed E-state index contributed by atoms with van der Waals surface area (Å²) >= 11 is 0. The van der Waals surface area contributed by atoms with Gasteiger partial charge in [0, 0.05) is 6.54 Å². The summed E-state index contributed by atoms with van der Waals surface area (Å²) in [6, 6.07) is 9.32. The SMILES string of the molecule is CCC1CCN(CC(O)c2ccc(C#N)cc2)CC1. The predicted octanol–water partition coefficient (Wildman–Crippen LogP) is 2.71. The second kappa shape index (κ2) is 6.70. The summed E-state index contributed by atoms with van der Waals surface area (Å²) in [7, 11) is 0. The van der Waals surface area contributed by atoms with Crippen LogP contribution in [0.25, 0.3) is 0 Å². The van der Waals surface area contributed by atoms with Crippen molar-refractivity contribution < 1.29 is 5.11 Å². The monoisotopic (exact) mass is 258 g/mol. The van der Waals surface area contributed by atoms with Crippen molar-refractivity contribution in [2.45, 2.75) is 32.3 Å². The van der Waals surface area contributed by atoms with E-state index in [2.05, 4.69) is 17.9 Å². The Kier molecular flexibility index (Phi) is 4.95. The molecular formula is C16H22N2O. The number of β-amino-alcohol motifs (C(OH)–C–C–N with tert-alkyl or cyclic N) is 1. The molecule has 3 heteroatoms. The lowest BCUT2D eigenvalue weighted by atomic mass is 9.94. The Morgan fingerprint density at radius 2 is 1.95 bits per heavy atom. The third kappa shape index (κ3) is 3.79. The van der Waals surface area contributed by atoms with Crippen molar-refractivity contribution in [1.29, 1.82) is 5.26 Å². The quantitative estimate of drug-likeness (QED) is 0.903. The minimum Gasteiger partial charge on any atom is -0.387 e. The molecule has 0 amide bonds. The van der Waals surface area contributed by atoms with Gasteiger partial charge in [-0.25, -0.2) is 0 Å². The number of piperidine rings is 1. The van der Waals surface area contributed by atoms with Gasteiger partial charge in [0.15, 0.2) is 0 Å². The Hall–Kier alpha value is -1.37. The number of likely N-dealkylation sites (tertiary alicyclic amines) is 1. The van der Waals surface area contributed by atoms with Gasteiger partial charge in [-0.05, 0) is 49.5 Å². The fraction of sp³-hybridized carbons (Fsp3) is 0.562. The normalized spacial score (nSPS) is 19.0. The molecule has 0 bridgehead atoms. The molecule has 1 aromatic carbocycles. The number of aliphatic hydroxyl groups excluding tert-OH is 1. The van der Waals surface area contributed by atoms with E-state index in [1.54, 1.807) is 12.1 Å². The van der Waals surface area contributed by atoms with E-state index in [0.717, 1.165) is 24.6 Å². The summed E-state index contributed by atoms with van der Waals surface area (Å²) in [5.74, 6) is 0.864. The maximum absolute atomic E-state index is 10.2. The minimum absolute atomic E-state index is 0.453. The van der Waals surface area contributed by atoms with Crippen LogP contribution in [0, 0.1) is 17.2 Å². The molecule has 1 fully saturated rings. The van der Waals surface area contributed by atoms with Crippen molar-refractivity contribution in [3.8, 4) is 6.07 Å². The van der Waals surface area contributed by atoms with Crippen LogP contribution in [0.15, 0.2) is 24.3 Å². The van der Waals surface area contributed by atoms with Gasteiger partial charge in [-0.1, -0.05) is 25.5 Å². The molecule has 1 saturated heterocycles. The number of benzene rings is 1. The maximum Gasteiger partial charge on any atom is 0.0991 e. The van der Waals surface area contributed by atoms with Crippen LogP contribution in [0.4, 0.5) is 0 Å². The number of rotatable bonds is 4. The highest BCUT2D eigenvalue weighted by molar-refractivity contribution is 5.32. The van der Waals surface area contributed by atoms with E-state index in [9.17, 15) is 5.11 Å². The first-order valence-corrected chi connectivity index (χ1v) is 7.13. The van der Waals surface area contributed by atoms with Crippen molar-refractivity contribution >= 4 is 0 Å². The Bertz CT molecular complexity index is 427. The first kappa shape index (κ1) is 14.0. The summed E-state index contributed by atoms with van der Waals surface area (Å²) in [6.07, 6.45) is 3.31. The average molecular weight is 258 g/mol. The first-order valence-electron chi connectivity index (χ1n) is 7.13. The number of aliphatic hydroxyl groups is 1. The molecule has 1 aliphatic heterocycles. The standard InChI is InChI=1S/C16H22N2O/c1-2-13-7-9-18(10-8-13)12-16(19)15-5-3-14(11-17)4-6-15/h3-6,13,16,19H,2,7-10,12H2,1H3. The summed E-state index contributed by atoms with van der Waals surface area (Å²) in [4.78, 5) is 2.34. The second-order valence-electron chi connectivity index (χ2n) is 5.40. The van der Waals surface area contributed by atoms with Crippen molar-refractivity contribution in [3.05, 3.63) is 35.4 Å². The van der Waals surface area contributed by atoms with Crippen LogP contribution < -0.4 is 0 Å². The molecule has 1 atom stereocenters. The average Bonchev–Trinajstić information content (AvgIpc) is 2.48. The molecule has 0 spiro atoms. The molecule has 0 aromatic heterocycles. The topological polar surface area (TPSA) is 47.3 Å². The third-order valence-electron chi connectivity index (χ3n) is 4.14. The zero-order valence-corrected chi connectivity index (χ0v) is 11.5. The van der Waals surface area contributed by atoms with E-state index in [0.29, 0.717) is 12.1 Å². The molecule has 1 unspecified atom stereocenters. The highest BCUT2D eigenvalue weighted by Gasteiger charge is 2.20. The number of hydrogen-bond acceptors (Lipinski definition) is 3. The van der Waals surface area contributed by atoms with Gasteiger partial charge in [0.2, 0.25) is 0 Å². The maximum atomic E-state index is 10.2. The third-order valence-corrected chi connectivity index (χ3v) is 4.14. The van der Waals surface area contributed by atoms with Gasteiger partial charge in [0.05, 0.1) is 17.7 Å². The molecule has 0 radical (unpaired) electrons. The van der Waals surface area contributed by atoms with Crippen LogP contribution in [-0.4, -0.2) is 29.6 Å². The second-order valence-corrected chi connectivity index (χ2v) is 5.40. The molecular weight excluding hydrogens is 236 g/mol. The molecule has 1 heterocycles. The van der Waals surface area contributed by atoms with Crippen LogP contribution in [0.1, 0.15) is 43.4 Å². The molecule has 3 nitrogen and oxygen atoms in total. The van der Waals surface area contributed by atoms with Crippen molar-refractivity contribution in [2.75, 3.05) is 19.6 Å². The number of nitriles is 1. The smallest absolute Gasteiger partial charge is 0.0991 e. The lowest BCUT2D eigenvalue weighted by molar-refractivity contribution is 0.0887. The van der Waals surface area contributed by atoms with Gasteiger partial charge in [0.25, 0.3) is 0 Å². The Labute approximate surface area is 115 Å². The predicted molar refractivity (Wildman–Crippen MR) is 75.6 cm³/mol. The van der Waals surface area contributed by atoms with E-state index < -0.39 is 6.10 Å². The molecule has 1 aliphatic rings. The Morgan fingerprint density at radius 3 is 2.47 bits per heavy atom. The van der Waals surface area contributed by atoms with Crippen LogP contribution in [0.5, 0.6) is 0 Å². The van der Waals surface area contributed by atoms with Crippen LogP contribution in [-0.2, 0) is 0 Å². The molecule has 0 aliphatic carbocycles. The van der Waals surface area contributed by atoms with E-state index in [1.807, 2.05) is 12.1 Å². The molecule has 102 valence electrons. The fourth-order valence-corrected chi connectivity index (χ4v) is 2.71. The Morgan fingerprint density at radius 1 is 1.32 bits per heavy atom. The summed E-state index contributed by atoms with van der Waals surface area (Å²) in [5.41, 5.74) is 1.54. The summed E-state index contributed by atoms with van der Waals surface area (Å²) in [6.45, 7) is 5.13. The van der Waals surface area contributed by atoms with Gasteiger partial charge in [0.1, 0.15) is 0 Å². The van der Waals surface area contributed by atoms with Crippen molar-refractivity contribution in [2.24, 2.45) is 5.92 Å². The summed E-state index contributed by atoms with van der Waals surface area (Å²) < 4.78 is 0. The van der Waals surface area contributed by atoms with Gasteiger partial charge >= 0.3 is 0 Å². The summed E-state index contributed by atoms with van der Waals surface area (Å²) in [5, 5.41) is 19.0. The van der Waals surface area contributed by atoms with E-state index in [1.165, 1.54) is 19.3 Å². The van der Waals surface area contributed by atoms with Gasteiger partial charge in [-0.2, -0.15) is 5.26 Å². The fourth-order valence-electron chi connectivity index (χ4n) is 2.71. The first-order chi connectivity index (χ1) is 9.22. The minimum atomic E-state index is -0.453. The van der Waals surface area contributed by atoms with E-state index in [-0.39, 0.29) is 0 Å². The van der Waals surface area contributed by atoms with E-state index >= 15 is 0 Å². The zero-order chi connectivity index (χ0) is 13.7. The van der Waals surface area contributed by atoms with Crippen LogP contribution in [0.3, 0.4) is 0 Å². The lowest BCUT2D eigenvalue weighted by Gasteiger charge is -2.32. The van der Waals surface area contributed by atoms with Crippen molar-refractivity contribution in [1.82, 2.24) is 4.90 Å². The van der Waals surface area contributed by atoms with Gasteiger partial charge in [-0.15, -0.1) is 0 Å². The van der Waals surface area contributed by atoms with Crippen molar-refractivity contribution in [3.63, 3.8) is 0 Å². The highest BCUT2D eigenvalue weighted by atomic mass is 16.3. The van der Waals surface area contributed by atoms with Crippen LogP contribution >= 0.6 is 0 Å². The van der Waals surface area contributed by atoms with Crippen LogP contribution in [0.2, 0.25) is 0 Å². The molecule has 1 N–H and O–H groups in total.